The number of piperidine rings is 1. The molecule has 146 valence electrons. The van der Waals surface area contributed by atoms with E-state index in [1.807, 2.05) is 0 Å². The first-order valence-corrected chi connectivity index (χ1v) is 9.85. The van der Waals surface area contributed by atoms with Crippen LogP contribution >= 0.6 is 0 Å². The fraction of sp³-hybridized carbons (Fsp3) is 0.500. The summed E-state index contributed by atoms with van der Waals surface area (Å²) in [4.78, 5) is 18.6. The third kappa shape index (κ3) is 2.52. The molecule has 3 aliphatic heterocycles. The van der Waals surface area contributed by atoms with Gasteiger partial charge in [0.05, 0.1) is 31.1 Å². The van der Waals surface area contributed by atoms with E-state index in [1.54, 1.807) is 6.26 Å². The molecule has 1 saturated heterocycles. The zero-order chi connectivity index (χ0) is 18.7. The Morgan fingerprint density at radius 1 is 1.41 bits per heavy atom. The van der Waals surface area contributed by atoms with Gasteiger partial charge < -0.3 is 14.5 Å². The largest absolute Gasteiger partial charge is 0.497 e. The number of H-pyrrole nitrogens is 1. The molecule has 5 nitrogen and oxygen atoms in total. The fourth-order valence-corrected chi connectivity index (χ4v) is 5.36. The SMILES string of the molecule is COC(=O)C1=CO[C@@H](C)C2CN3CCc4c([nH]c5cc(C)ccc45)[C@H]3CC12.[HH].[HH]. The van der Waals surface area contributed by atoms with Crippen molar-refractivity contribution in [2.75, 3.05) is 20.2 Å². The van der Waals surface area contributed by atoms with Crippen LogP contribution in [-0.4, -0.2) is 42.2 Å². The van der Waals surface area contributed by atoms with Crippen LogP contribution in [0, 0.1) is 18.8 Å². The van der Waals surface area contributed by atoms with Gasteiger partial charge in [-0.1, -0.05) is 12.1 Å². The number of ether oxygens (including phenoxy) is 2. The summed E-state index contributed by atoms with van der Waals surface area (Å²) < 4.78 is 10.8. The van der Waals surface area contributed by atoms with Gasteiger partial charge in [0.15, 0.2) is 0 Å². The Kier molecular flexibility index (Phi) is 3.83. The van der Waals surface area contributed by atoms with Gasteiger partial charge in [0.25, 0.3) is 0 Å². The summed E-state index contributed by atoms with van der Waals surface area (Å²) in [6.45, 7) is 6.27. The van der Waals surface area contributed by atoms with Crippen LogP contribution < -0.4 is 0 Å². The van der Waals surface area contributed by atoms with Crippen molar-refractivity contribution in [3.63, 3.8) is 0 Å². The number of benzene rings is 1. The van der Waals surface area contributed by atoms with Crippen LogP contribution in [0.4, 0.5) is 0 Å². The topological polar surface area (TPSA) is 54.6 Å². The summed E-state index contributed by atoms with van der Waals surface area (Å²) in [5.41, 5.74) is 5.99. The molecule has 5 heteroatoms. The first kappa shape index (κ1) is 16.9. The Bertz CT molecular complexity index is 955. The summed E-state index contributed by atoms with van der Waals surface area (Å²) in [6.07, 6.45) is 3.77. The van der Waals surface area contributed by atoms with Crippen molar-refractivity contribution >= 4 is 16.9 Å². The molecule has 0 spiro atoms. The molecule has 1 fully saturated rings. The Labute approximate surface area is 162 Å². The highest BCUT2D eigenvalue weighted by molar-refractivity contribution is 5.89. The van der Waals surface area contributed by atoms with Gasteiger partial charge in [-0.3, -0.25) is 4.90 Å². The lowest BCUT2D eigenvalue weighted by atomic mass is 9.72. The third-order valence-electron chi connectivity index (χ3n) is 6.79. The van der Waals surface area contributed by atoms with E-state index in [-0.39, 0.29) is 20.8 Å². The maximum Gasteiger partial charge on any atom is 0.337 e. The quantitative estimate of drug-likeness (QED) is 0.772. The van der Waals surface area contributed by atoms with Crippen LogP contribution in [0.2, 0.25) is 0 Å². The van der Waals surface area contributed by atoms with Gasteiger partial charge in [-0.05, 0) is 43.9 Å². The average molecular weight is 370 g/mol. The molecule has 5 rings (SSSR count). The Balaban J connectivity index is 0.00000120. The molecular weight excluding hydrogens is 340 g/mol. The zero-order valence-corrected chi connectivity index (χ0v) is 16.1. The number of fused-ring (bicyclic) bond motifs is 6. The van der Waals surface area contributed by atoms with Gasteiger partial charge in [-0.25, -0.2) is 4.79 Å². The second-order valence-electron chi connectivity index (χ2n) is 8.24. The standard InChI is InChI=1S/C22H26N2O3.2H2/c1-12-4-5-14-15-6-7-24-10-17-13(2)27-11-18(22(25)26-3)16(17)9-20(24)21(15)23-19(14)8-12;;/h4-5,8,11,13,16-17,20,23H,6-7,9-10H2,1-3H3;2*1H/t13-,16?,17?,20+;;/m0../s1. The van der Waals surface area contributed by atoms with Crippen molar-refractivity contribution in [2.45, 2.75) is 38.8 Å². The monoisotopic (exact) mass is 370 g/mol. The predicted molar refractivity (Wildman–Crippen MR) is 108 cm³/mol. The number of carbonyl (C=O) groups is 1. The van der Waals surface area contributed by atoms with Crippen molar-refractivity contribution < 1.29 is 17.1 Å². The van der Waals surface area contributed by atoms with E-state index >= 15 is 0 Å². The van der Waals surface area contributed by atoms with Gasteiger partial charge in [-0.15, -0.1) is 0 Å². The molecular formula is C22H30N2O3. The van der Waals surface area contributed by atoms with E-state index in [2.05, 4.69) is 41.9 Å². The summed E-state index contributed by atoms with van der Waals surface area (Å²) >= 11 is 0. The molecule has 0 amide bonds. The Morgan fingerprint density at radius 2 is 2.26 bits per heavy atom. The van der Waals surface area contributed by atoms with E-state index < -0.39 is 0 Å². The molecule has 2 unspecified atom stereocenters. The van der Waals surface area contributed by atoms with E-state index in [1.165, 1.54) is 34.8 Å². The number of rotatable bonds is 1. The Hall–Kier alpha value is -2.27. The summed E-state index contributed by atoms with van der Waals surface area (Å²) in [5, 5.41) is 1.35. The molecule has 2 aromatic rings. The van der Waals surface area contributed by atoms with Crippen molar-refractivity contribution in [2.24, 2.45) is 11.8 Å². The van der Waals surface area contributed by atoms with Crippen molar-refractivity contribution in [3.8, 4) is 0 Å². The number of nitrogens with one attached hydrogen (secondary N) is 1. The molecule has 4 heterocycles. The molecule has 1 aromatic carbocycles. The van der Waals surface area contributed by atoms with E-state index in [0.29, 0.717) is 17.5 Å². The van der Waals surface area contributed by atoms with Crippen LogP contribution in [0.1, 0.15) is 39.1 Å². The van der Waals surface area contributed by atoms with Gasteiger partial charge in [-0.2, -0.15) is 0 Å². The lowest BCUT2D eigenvalue weighted by Crippen LogP contribution is -2.51. The molecule has 3 aliphatic rings. The molecule has 1 aromatic heterocycles. The van der Waals surface area contributed by atoms with E-state index in [9.17, 15) is 4.79 Å². The highest BCUT2D eigenvalue weighted by Gasteiger charge is 2.46. The molecule has 4 atom stereocenters. The summed E-state index contributed by atoms with van der Waals surface area (Å²) in [6, 6.07) is 7.00. The van der Waals surface area contributed by atoms with Gasteiger partial charge >= 0.3 is 5.97 Å². The number of nitrogens with zero attached hydrogens (tertiary/aromatic N) is 1. The van der Waals surface area contributed by atoms with Crippen molar-refractivity contribution in [3.05, 3.63) is 46.9 Å². The van der Waals surface area contributed by atoms with Crippen molar-refractivity contribution in [1.29, 1.82) is 0 Å². The first-order chi connectivity index (χ1) is 13.1. The normalized spacial score (nSPS) is 30.0. The predicted octanol–water partition coefficient (Wildman–Crippen LogP) is 3.98. The second-order valence-corrected chi connectivity index (χ2v) is 8.24. The maximum absolute atomic E-state index is 12.3. The highest BCUT2D eigenvalue weighted by atomic mass is 16.5. The van der Waals surface area contributed by atoms with Crippen molar-refractivity contribution in [1.82, 2.24) is 9.88 Å². The molecule has 1 N–H and O–H groups in total. The Morgan fingerprint density at radius 3 is 3.07 bits per heavy atom. The number of hydrogen-bond donors (Lipinski definition) is 1. The van der Waals surface area contributed by atoms with E-state index in [0.717, 1.165) is 25.9 Å². The lowest BCUT2D eigenvalue weighted by Gasteiger charge is -2.49. The molecule has 0 aliphatic carbocycles. The number of esters is 1. The lowest BCUT2D eigenvalue weighted by molar-refractivity contribution is -0.139. The van der Waals surface area contributed by atoms with Crippen LogP contribution in [0.5, 0.6) is 0 Å². The van der Waals surface area contributed by atoms with Crippen LogP contribution in [0.25, 0.3) is 10.9 Å². The van der Waals surface area contributed by atoms with E-state index in [4.69, 9.17) is 9.47 Å². The molecule has 0 bridgehead atoms. The number of aromatic nitrogens is 1. The minimum absolute atomic E-state index is 0. The highest BCUT2D eigenvalue weighted by Crippen LogP contribution is 2.47. The number of hydrogen-bond acceptors (Lipinski definition) is 4. The molecule has 0 saturated carbocycles. The average Bonchev–Trinajstić information content (AvgIpc) is 3.04. The van der Waals surface area contributed by atoms with Crippen LogP contribution in [-0.2, 0) is 20.7 Å². The fourth-order valence-electron chi connectivity index (χ4n) is 5.36. The molecule has 0 radical (unpaired) electrons. The second kappa shape index (κ2) is 6.13. The minimum Gasteiger partial charge on any atom is -0.497 e. The van der Waals surface area contributed by atoms with Gasteiger partial charge in [0, 0.05) is 44.4 Å². The number of carbonyl (C=O) groups excluding carboxylic acids is 1. The van der Waals surface area contributed by atoms with Gasteiger partial charge in [0.2, 0.25) is 0 Å². The smallest absolute Gasteiger partial charge is 0.337 e. The van der Waals surface area contributed by atoms with Crippen LogP contribution in [0.3, 0.4) is 0 Å². The zero-order valence-electron chi connectivity index (χ0n) is 16.1. The molecule has 27 heavy (non-hydrogen) atoms. The summed E-state index contributed by atoms with van der Waals surface area (Å²) in [7, 11) is 1.45. The number of methoxy groups -OCH3 is 1. The van der Waals surface area contributed by atoms with Gasteiger partial charge in [0.1, 0.15) is 0 Å². The third-order valence-corrected chi connectivity index (χ3v) is 6.79. The first-order valence-electron chi connectivity index (χ1n) is 9.85. The number of aromatic amines is 1. The van der Waals surface area contributed by atoms with Crippen LogP contribution in [0.15, 0.2) is 30.0 Å². The minimum atomic E-state index is -0.256. The summed E-state index contributed by atoms with van der Waals surface area (Å²) in [5.74, 6) is 0.253. The maximum atomic E-state index is 12.3. The number of aryl methyl sites for hydroxylation is 1.